The van der Waals surface area contributed by atoms with E-state index in [-0.39, 0.29) is 5.82 Å². The van der Waals surface area contributed by atoms with Gasteiger partial charge in [-0.3, -0.25) is 4.90 Å². The second kappa shape index (κ2) is 7.42. The van der Waals surface area contributed by atoms with Crippen LogP contribution in [0.2, 0.25) is 0 Å². The molecule has 0 amide bonds. The summed E-state index contributed by atoms with van der Waals surface area (Å²) in [6.07, 6.45) is 3.84. The molecule has 3 nitrogen and oxygen atoms in total. The van der Waals surface area contributed by atoms with Gasteiger partial charge in [-0.1, -0.05) is 19.1 Å². The van der Waals surface area contributed by atoms with Crippen LogP contribution < -0.4 is 4.90 Å². The molecule has 2 aliphatic heterocycles. The minimum atomic E-state index is -0.0937. The molecule has 2 aliphatic rings. The molecule has 0 saturated carbocycles. The molecule has 0 bridgehead atoms. The van der Waals surface area contributed by atoms with Crippen molar-refractivity contribution in [2.24, 2.45) is 0 Å². The highest BCUT2D eigenvalue weighted by atomic mass is 19.1. The Labute approximate surface area is 133 Å². The Hall–Kier alpha value is -1.13. The maximum absolute atomic E-state index is 13.9. The molecular weight excluding hydrogens is 277 g/mol. The van der Waals surface area contributed by atoms with E-state index in [0.29, 0.717) is 0 Å². The van der Waals surface area contributed by atoms with Gasteiger partial charge in [0.1, 0.15) is 5.82 Å². The molecule has 3 rings (SSSR count). The number of anilines is 1. The van der Waals surface area contributed by atoms with Crippen molar-refractivity contribution >= 4 is 5.69 Å². The molecule has 4 heteroatoms. The minimum Gasteiger partial charge on any atom is -0.367 e. The standard InChI is InChI=1S/C18H28FN3/c1-2-9-20-10-7-16(8-11-20)21-12-14-22(15-13-21)18-6-4-3-5-17(18)19/h3-6,16H,2,7-15H2,1H3. The van der Waals surface area contributed by atoms with E-state index in [9.17, 15) is 4.39 Å². The van der Waals surface area contributed by atoms with E-state index in [1.807, 2.05) is 12.1 Å². The summed E-state index contributed by atoms with van der Waals surface area (Å²) in [5.41, 5.74) is 0.764. The number of hydrogen-bond donors (Lipinski definition) is 0. The fourth-order valence-electron chi connectivity index (χ4n) is 3.86. The van der Waals surface area contributed by atoms with Crippen molar-refractivity contribution in [2.75, 3.05) is 50.7 Å². The Balaban J connectivity index is 1.49. The molecule has 22 heavy (non-hydrogen) atoms. The zero-order valence-electron chi connectivity index (χ0n) is 13.7. The average molecular weight is 305 g/mol. The number of halogens is 1. The van der Waals surface area contributed by atoms with E-state index in [4.69, 9.17) is 0 Å². The van der Waals surface area contributed by atoms with E-state index < -0.39 is 0 Å². The summed E-state index contributed by atoms with van der Waals surface area (Å²) in [4.78, 5) is 7.41. The second-order valence-corrected chi connectivity index (χ2v) is 6.55. The number of para-hydroxylation sites is 1. The van der Waals surface area contributed by atoms with Crippen LogP contribution in [-0.4, -0.2) is 61.7 Å². The maximum Gasteiger partial charge on any atom is 0.146 e. The van der Waals surface area contributed by atoms with Crippen molar-refractivity contribution in [3.63, 3.8) is 0 Å². The predicted octanol–water partition coefficient (Wildman–Crippen LogP) is 2.82. The topological polar surface area (TPSA) is 9.72 Å². The van der Waals surface area contributed by atoms with Crippen molar-refractivity contribution < 1.29 is 4.39 Å². The lowest BCUT2D eigenvalue weighted by Crippen LogP contribution is -2.53. The maximum atomic E-state index is 13.9. The number of benzene rings is 1. The van der Waals surface area contributed by atoms with E-state index in [0.717, 1.165) is 37.9 Å². The third-order valence-corrected chi connectivity index (χ3v) is 5.12. The van der Waals surface area contributed by atoms with Gasteiger partial charge in [0.2, 0.25) is 0 Å². The molecule has 2 heterocycles. The van der Waals surface area contributed by atoms with Crippen LogP contribution in [0.4, 0.5) is 10.1 Å². The molecule has 0 aliphatic carbocycles. The fourth-order valence-corrected chi connectivity index (χ4v) is 3.86. The van der Waals surface area contributed by atoms with E-state index in [1.165, 1.54) is 38.9 Å². The zero-order valence-corrected chi connectivity index (χ0v) is 13.7. The molecule has 1 aromatic rings. The van der Waals surface area contributed by atoms with Crippen molar-refractivity contribution in [1.82, 2.24) is 9.80 Å². The lowest BCUT2D eigenvalue weighted by atomic mass is 10.0. The van der Waals surface area contributed by atoms with E-state index >= 15 is 0 Å². The second-order valence-electron chi connectivity index (χ2n) is 6.55. The molecule has 2 saturated heterocycles. The monoisotopic (exact) mass is 305 g/mol. The van der Waals surface area contributed by atoms with Crippen LogP contribution in [0, 0.1) is 5.82 Å². The summed E-state index contributed by atoms with van der Waals surface area (Å²) in [5, 5.41) is 0. The minimum absolute atomic E-state index is 0.0937. The van der Waals surface area contributed by atoms with Crippen molar-refractivity contribution in [2.45, 2.75) is 32.2 Å². The Bertz CT molecular complexity index is 463. The van der Waals surface area contributed by atoms with Gasteiger partial charge in [-0.2, -0.15) is 0 Å². The lowest BCUT2D eigenvalue weighted by Gasteiger charge is -2.43. The van der Waals surface area contributed by atoms with Gasteiger partial charge in [0.25, 0.3) is 0 Å². The number of nitrogens with zero attached hydrogens (tertiary/aromatic N) is 3. The normalized spacial score (nSPS) is 22.2. The fraction of sp³-hybridized carbons (Fsp3) is 0.667. The summed E-state index contributed by atoms with van der Waals surface area (Å²) in [6, 6.07) is 7.88. The van der Waals surface area contributed by atoms with Gasteiger partial charge >= 0.3 is 0 Å². The molecule has 0 unspecified atom stereocenters. The summed E-state index contributed by atoms with van der Waals surface area (Å²) in [6.45, 7) is 9.99. The van der Waals surface area contributed by atoms with Gasteiger partial charge in [0, 0.05) is 32.2 Å². The molecule has 0 radical (unpaired) electrons. The Morgan fingerprint density at radius 2 is 1.68 bits per heavy atom. The molecule has 1 aromatic carbocycles. The lowest BCUT2D eigenvalue weighted by molar-refractivity contribution is 0.103. The first-order chi connectivity index (χ1) is 10.8. The predicted molar refractivity (Wildman–Crippen MR) is 89.9 cm³/mol. The summed E-state index contributed by atoms with van der Waals surface area (Å²) in [5.74, 6) is -0.0937. The zero-order chi connectivity index (χ0) is 15.4. The van der Waals surface area contributed by atoms with E-state index in [2.05, 4.69) is 21.6 Å². The largest absolute Gasteiger partial charge is 0.367 e. The summed E-state index contributed by atoms with van der Waals surface area (Å²) in [7, 11) is 0. The molecule has 0 spiro atoms. The first-order valence-corrected chi connectivity index (χ1v) is 8.74. The van der Waals surface area contributed by atoms with Gasteiger partial charge < -0.3 is 9.80 Å². The molecule has 0 N–H and O–H groups in total. The Morgan fingerprint density at radius 1 is 1.00 bits per heavy atom. The Morgan fingerprint density at radius 3 is 2.32 bits per heavy atom. The van der Waals surface area contributed by atoms with Crippen molar-refractivity contribution in [1.29, 1.82) is 0 Å². The number of piperazine rings is 1. The quantitative estimate of drug-likeness (QED) is 0.847. The third-order valence-electron chi connectivity index (χ3n) is 5.12. The highest BCUT2D eigenvalue weighted by Crippen LogP contribution is 2.23. The molecular formula is C18H28FN3. The smallest absolute Gasteiger partial charge is 0.146 e. The van der Waals surface area contributed by atoms with Gasteiger partial charge in [0.05, 0.1) is 5.69 Å². The third kappa shape index (κ3) is 3.61. The van der Waals surface area contributed by atoms with Gasteiger partial charge in [-0.25, -0.2) is 4.39 Å². The van der Waals surface area contributed by atoms with Crippen LogP contribution in [0.1, 0.15) is 26.2 Å². The molecule has 2 fully saturated rings. The van der Waals surface area contributed by atoms with Crippen LogP contribution >= 0.6 is 0 Å². The van der Waals surface area contributed by atoms with Crippen molar-refractivity contribution in [3.05, 3.63) is 30.1 Å². The highest BCUT2D eigenvalue weighted by Gasteiger charge is 2.27. The summed E-state index contributed by atoms with van der Waals surface area (Å²) >= 11 is 0. The first-order valence-electron chi connectivity index (χ1n) is 8.74. The average Bonchev–Trinajstić information content (AvgIpc) is 2.57. The van der Waals surface area contributed by atoms with Crippen LogP contribution in [0.25, 0.3) is 0 Å². The van der Waals surface area contributed by atoms with Crippen LogP contribution in [0.3, 0.4) is 0 Å². The van der Waals surface area contributed by atoms with Gasteiger partial charge in [0.15, 0.2) is 0 Å². The van der Waals surface area contributed by atoms with E-state index in [1.54, 1.807) is 12.1 Å². The molecule has 0 aromatic heterocycles. The number of rotatable bonds is 4. The van der Waals surface area contributed by atoms with Crippen LogP contribution in [0.15, 0.2) is 24.3 Å². The Kier molecular flexibility index (Phi) is 5.32. The first kappa shape index (κ1) is 15.8. The van der Waals surface area contributed by atoms with Gasteiger partial charge in [-0.15, -0.1) is 0 Å². The van der Waals surface area contributed by atoms with Gasteiger partial charge in [-0.05, 0) is 51.0 Å². The highest BCUT2D eigenvalue weighted by molar-refractivity contribution is 5.48. The van der Waals surface area contributed by atoms with Crippen LogP contribution in [0.5, 0.6) is 0 Å². The number of piperidine rings is 1. The summed E-state index contributed by atoms with van der Waals surface area (Å²) < 4.78 is 13.9. The molecule has 122 valence electrons. The van der Waals surface area contributed by atoms with Crippen molar-refractivity contribution in [3.8, 4) is 0 Å². The van der Waals surface area contributed by atoms with Crippen LogP contribution in [-0.2, 0) is 0 Å². The number of likely N-dealkylation sites (tertiary alicyclic amines) is 1. The molecule has 0 atom stereocenters. The number of hydrogen-bond acceptors (Lipinski definition) is 3. The SMILES string of the molecule is CCCN1CCC(N2CCN(c3ccccc3F)CC2)CC1.